The molecule has 0 aromatic heterocycles. The van der Waals surface area contributed by atoms with Gasteiger partial charge in [0.25, 0.3) is 11.8 Å². The van der Waals surface area contributed by atoms with Gasteiger partial charge in [0.05, 0.1) is 0 Å². The molecule has 0 aliphatic rings. The number of nitrogens with one attached hydrogen (secondary N) is 2. The number of anilines is 1. The Labute approximate surface area is 227 Å². The number of nitrogens with zero attached hydrogens (tertiary/aromatic N) is 1. The van der Waals surface area contributed by atoms with Gasteiger partial charge in [-0.25, -0.2) is 4.79 Å². The largest absolute Gasteiger partial charge is 0.444 e. The maximum absolute atomic E-state index is 14.0. The third kappa shape index (κ3) is 7.61. The molecule has 3 unspecified atom stereocenters. The third-order valence-corrected chi connectivity index (χ3v) is 6.61. The van der Waals surface area contributed by atoms with Gasteiger partial charge in [-0.05, 0) is 82.2 Å². The Bertz CT molecular complexity index is 1200. The molecule has 2 aromatic carbocycles. The highest BCUT2D eigenvalue weighted by molar-refractivity contribution is 6.00. The van der Waals surface area contributed by atoms with E-state index < -0.39 is 35.6 Å². The molecule has 0 spiro atoms. The van der Waals surface area contributed by atoms with Crippen molar-refractivity contribution >= 4 is 23.6 Å². The van der Waals surface area contributed by atoms with Gasteiger partial charge >= 0.3 is 6.09 Å². The smallest absolute Gasteiger partial charge is 0.408 e. The highest BCUT2D eigenvalue weighted by Gasteiger charge is 2.38. The molecule has 2 aromatic rings. The zero-order chi connectivity index (χ0) is 28.8. The van der Waals surface area contributed by atoms with Crippen LogP contribution in [0.2, 0.25) is 0 Å². The first-order chi connectivity index (χ1) is 17.7. The van der Waals surface area contributed by atoms with Crippen molar-refractivity contribution in [3.8, 4) is 12.5 Å². The van der Waals surface area contributed by atoms with Gasteiger partial charge in [-0.2, -0.15) is 0 Å². The molecule has 3 amide bonds. The van der Waals surface area contributed by atoms with E-state index >= 15 is 0 Å². The minimum absolute atomic E-state index is 0.270. The zero-order valence-corrected chi connectivity index (χ0v) is 24.1. The summed E-state index contributed by atoms with van der Waals surface area (Å²) in [4.78, 5) is 41.6. The van der Waals surface area contributed by atoms with E-state index in [0.717, 1.165) is 27.2 Å². The number of hydrogen-bond acceptors (Lipinski definition) is 4. The van der Waals surface area contributed by atoms with Crippen LogP contribution in [-0.4, -0.2) is 34.5 Å². The summed E-state index contributed by atoms with van der Waals surface area (Å²) in [5, 5.41) is 5.69. The Balaban J connectivity index is 2.56. The van der Waals surface area contributed by atoms with Crippen LogP contribution >= 0.6 is 0 Å². The van der Waals surface area contributed by atoms with Crippen LogP contribution in [0.5, 0.6) is 0 Å². The first-order valence-corrected chi connectivity index (χ1v) is 12.9. The molecule has 7 nitrogen and oxygen atoms in total. The minimum atomic E-state index is -1.13. The van der Waals surface area contributed by atoms with Gasteiger partial charge in [0.15, 0.2) is 0 Å². The Hall–Kier alpha value is -3.79. The summed E-state index contributed by atoms with van der Waals surface area (Å²) >= 11 is 0. The molecule has 0 saturated carbocycles. The molecular weight excluding hydrogens is 478 g/mol. The molecule has 0 radical (unpaired) electrons. The van der Waals surface area contributed by atoms with Crippen molar-refractivity contribution in [2.45, 2.75) is 86.4 Å². The lowest BCUT2D eigenvalue weighted by molar-refractivity contribution is -0.137. The molecule has 0 heterocycles. The standard InChI is InChI=1S/C31H41N3O4/c1-11-19(3)26(33-30(37)38-31(8,9)10)29(36)34(12-2)27(24-17-16-20(4)23(7)18-24)28(35)32-25-21(5)14-13-15-22(25)6/h2,13-19,26-27H,11H2,1,3-10H3,(H,32,35)(H,33,37). The molecule has 2 N–H and O–H groups in total. The van der Waals surface area contributed by atoms with Gasteiger partial charge in [0.2, 0.25) is 0 Å². The average Bonchev–Trinajstić information content (AvgIpc) is 2.83. The second kappa shape index (κ2) is 12.6. The number of rotatable bonds is 8. The van der Waals surface area contributed by atoms with E-state index in [-0.39, 0.29) is 5.92 Å². The second-order valence-corrected chi connectivity index (χ2v) is 10.8. The number of hydrogen-bond donors (Lipinski definition) is 2. The lowest BCUT2D eigenvalue weighted by Crippen LogP contribution is -2.53. The summed E-state index contributed by atoms with van der Waals surface area (Å²) in [6, 6.07) is 11.6. The fraction of sp³-hybridized carbons (Fsp3) is 0.452. The predicted molar refractivity (Wildman–Crippen MR) is 151 cm³/mol. The van der Waals surface area contributed by atoms with Gasteiger partial charge in [-0.1, -0.05) is 63.1 Å². The van der Waals surface area contributed by atoms with Crippen molar-refractivity contribution in [3.63, 3.8) is 0 Å². The molecule has 38 heavy (non-hydrogen) atoms. The Kier molecular flexibility index (Phi) is 10.1. The van der Waals surface area contributed by atoms with E-state index in [2.05, 4.69) is 16.7 Å². The van der Waals surface area contributed by atoms with Gasteiger partial charge in [-0.3, -0.25) is 14.5 Å². The lowest BCUT2D eigenvalue weighted by Gasteiger charge is -2.32. The van der Waals surface area contributed by atoms with E-state index in [1.807, 2.05) is 71.9 Å². The molecule has 2 rings (SSSR count). The monoisotopic (exact) mass is 519 g/mol. The van der Waals surface area contributed by atoms with E-state index in [1.54, 1.807) is 26.8 Å². The number of para-hydroxylation sites is 1. The number of carbonyl (C=O) groups excluding carboxylic acids is 3. The molecule has 0 saturated heterocycles. The van der Waals surface area contributed by atoms with Crippen LogP contribution in [0, 0.1) is 46.1 Å². The number of aryl methyl sites for hydroxylation is 4. The summed E-state index contributed by atoms with van der Waals surface area (Å²) in [5.74, 6) is -1.28. The summed E-state index contributed by atoms with van der Waals surface area (Å²) in [7, 11) is 0. The van der Waals surface area contributed by atoms with E-state index in [1.165, 1.54) is 0 Å². The van der Waals surface area contributed by atoms with Crippen molar-refractivity contribution in [1.29, 1.82) is 0 Å². The Morgan fingerprint density at radius 1 is 1.00 bits per heavy atom. The number of amides is 3. The first kappa shape index (κ1) is 30.4. The number of benzene rings is 2. The second-order valence-electron chi connectivity index (χ2n) is 10.8. The minimum Gasteiger partial charge on any atom is -0.444 e. The predicted octanol–water partition coefficient (Wildman–Crippen LogP) is 5.96. The van der Waals surface area contributed by atoms with E-state index in [9.17, 15) is 14.4 Å². The van der Waals surface area contributed by atoms with Crippen molar-refractivity contribution < 1.29 is 19.1 Å². The maximum Gasteiger partial charge on any atom is 0.408 e. The first-order valence-electron chi connectivity index (χ1n) is 12.9. The van der Waals surface area contributed by atoms with Crippen LogP contribution in [0.15, 0.2) is 36.4 Å². The van der Waals surface area contributed by atoms with E-state index in [4.69, 9.17) is 11.2 Å². The highest BCUT2D eigenvalue weighted by atomic mass is 16.6. The number of terminal acetylenes is 1. The van der Waals surface area contributed by atoms with Crippen LogP contribution < -0.4 is 10.6 Å². The Morgan fingerprint density at radius 3 is 2.11 bits per heavy atom. The topological polar surface area (TPSA) is 87.7 Å². The average molecular weight is 520 g/mol. The molecule has 0 aliphatic carbocycles. The summed E-state index contributed by atoms with van der Waals surface area (Å²) in [6.07, 6.45) is 5.78. The Morgan fingerprint density at radius 2 is 1.61 bits per heavy atom. The van der Waals surface area contributed by atoms with Crippen LogP contribution in [0.25, 0.3) is 0 Å². The zero-order valence-electron chi connectivity index (χ0n) is 24.1. The number of carbonyl (C=O) groups is 3. The molecule has 0 aliphatic heterocycles. The summed E-state index contributed by atoms with van der Waals surface area (Å²) in [5.41, 5.74) is 4.28. The lowest BCUT2D eigenvalue weighted by atomic mass is 9.95. The van der Waals surface area contributed by atoms with Crippen LogP contribution in [0.3, 0.4) is 0 Å². The fourth-order valence-corrected chi connectivity index (χ4v) is 4.09. The third-order valence-electron chi connectivity index (χ3n) is 6.61. The molecule has 204 valence electrons. The molecular formula is C31H41N3O4. The van der Waals surface area contributed by atoms with Crippen molar-refractivity contribution in [2.24, 2.45) is 5.92 Å². The highest BCUT2D eigenvalue weighted by Crippen LogP contribution is 2.28. The maximum atomic E-state index is 14.0. The fourth-order valence-electron chi connectivity index (χ4n) is 4.09. The van der Waals surface area contributed by atoms with Gasteiger partial charge in [-0.15, -0.1) is 0 Å². The quantitative estimate of drug-likeness (QED) is 0.333. The molecule has 0 fully saturated rings. The van der Waals surface area contributed by atoms with Gasteiger partial charge in [0, 0.05) is 11.7 Å². The van der Waals surface area contributed by atoms with Crippen LogP contribution in [0.4, 0.5) is 10.5 Å². The van der Waals surface area contributed by atoms with Crippen LogP contribution in [0.1, 0.15) is 74.9 Å². The van der Waals surface area contributed by atoms with Crippen LogP contribution in [-0.2, 0) is 14.3 Å². The van der Waals surface area contributed by atoms with E-state index in [0.29, 0.717) is 17.7 Å². The normalized spacial score (nSPS) is 13.5. The SMILES string of the molecule is C#CN(C(=O)C(NC(=O)OC(C)(C)C)C(C)CC)C(C(=O)Nc1c(C)cccc1C)c1ccc(C)c(C)c1. The molecule has 7 heteroatoms. The summed E-state index contributed by atoms with van der Waals surface area (Å²) < 4.78 is 5.40. The van der Waals surface area contributed by atoms with Crippen molar-refractivity contribution in [2.75, 3.05) is 5.32 Å². The molecule has 0 bridgehead atoms. The summed E-state index contributed by atoms with van der Waals surface area (Å²) in [6.45, 7) is 16.7. The number of ether oxygens (including phenoxy) is 1. The molecule has 3 atom stereocenters. The number of alkyl carbamates (subject to hydrolysis) is 1. The van der Waals surface area contributed by atoms with Gasteiger partial charge in [0.1, 0.15) is 17.7 Å². The van der Waals surface area contributed by atoms with Gasteiger partial charge < -0.3 is 15.4 Å². The van der Waals surface area contributed by atoms with Crippen molar-refractivity contribution in [3.05, 3.63) is 64.2 Å². The van der Waals surface area contributed by atoms with Crippen molar-refractivity contribution in [1.82, 2.24) is 10.2 Å².